The Labute approximate surface area is 159 Å². The van der Waals surface area contributed by atoms with Crippen molar-refractivity contribution in [3.63, 3.8) is 0 Å². The monoisotopic (exact) mass is 418 g/mol. The summed E-state index contributed by atoms with van der Waals surface area (Å²) in [4.78, 5) is 15.2. The number of ether oxygens (including phenoxy) is 2. The van der Waals surface area contributed by atoms with Gasteiger partial charge in [0.05, 0.1) is 17.1 Å². The van der Waals surface area contributed by atoms with Gasteiger partial charge in [0.1, 0.15) is 0 Å². The molecule has 11 heteroatoms. The van der Waals surface area contributed by atoms with E-state index in [4.69, 9.17) is 4.74 Å². The van der Waals surface area contributed by atoms with Gasteiger partial charge in [0.25, 0.3) is 0 Å². The molecule has 1 N–H and O–H groups in total. The number of aromatic nitrogens is 1. The number of hydrogen-bond acceptors (Lipinski definition) is 6. The highest BCUT2D eigenvalue weighted by molar-refractivity contribution is 7.89. The van der Waals surface area contributed by atoms with Gasteiger partial charge in [-0.15, -0.1) is 0 Å². The largest absolute Gasteiger partial charge is 0.468 e. The van der Waals surface area contributed by atoms with Crippen molar-refractivity contribution in [2.45, 2.75) is 24.5 Å². The number of nitrogens with zero attached hydrogens (tertiary/aromatic N) is 1. The van der Waals surface area contributed by atoms with Crippen molar-refractivity contribution in [2.24, 2.45) is 0 Å². The molecule has 0 aliphatic heterocycles. The average Bonchev–Trinajstić information content (AvgIpc) is 2.65. The van der Waals surface area contributed by atoms with Gasteiger partial charge in [-0.3, -0.25) is 0 Å². The summed E-state index contributed by atoms with van der Waals surface area (Å²) in [7, 11) is -4.05. The second kappa shape index (κ2) is 9.02. The minimum Gasteiger partial charge on any atom is -0.468 e. The molecule has 0 saturated carbocycles. The summed E-state index contributed by atoms with van der Waals surface area (Å²) < 4.78 is 73.6. The van der Waals surface area contributed by atoms with Crippen LogP contribution in [0.1, 0.15) is 22.8 Å². The number of nitrogens with one attached hydrogen (secondary N) is 1. The maximum atomic E-state index is 12.5. The molecule has 152 valence electrons. The smallest absolute Gasteiger partial charge is 0.422 e. The molecule has 0 saturated heterocycles. The van der Waals surface area contributed by atoms with E-state index in [9.17, 15) is 26.4 Å². The lowest BCUT2D eigenvalue weighted by molar-refractivity contribution is -0.154. The summed E-state index contributed by atoms with van der Waals surface area (Å²) in [6, 6.07) is 8.02. The van der Waals surface area contributed by atoms with Crippen LogP contribution in [-0.4, -0.2) is 38.8 Å². The van der Waals surface area contributed by atoms with Gasteiger partial charge in [-0.1, -0.05) is 12.1 Å². The Morgan fingerprint density at radius 1 is 1.21 bits per heavy atom. The molecule has 2 aromatic rings. The minimum absolute atomic E-state index is 0.0558. The van der Waals surface area contributed by atoms with E-state index in [0.29, 0.717) is 0 Å². The zero-order chi connectivity index (χ0) is 20.8. The number of pyridine rings is 1. The van der Waals surface area contributed by atoms with E-state index in [2.05, 4.69) is 14.4 Å². The lowest BCUT2D eigenvalue weighted by atomic mass is 10.2. The van der Waals surface area contributed by atoms with Gasteiger partial charge in [-0.05, 0) is 31.2 Å². The highest BCUT2D eigenvalue weighted by Crippen LogP contribution is 2.20. The number of carbonyl (C=O) groups is 1. The SMILES string of the molecule is CCOC(=O)c1cccc(S(=O)(=O)NCc2cccnc2OCC(F)(F)F)c1. The van der Waals surface area contributed by atoms with Crippen LogP contribution in [0.4, 0.5) is 13.2 Å². The fraction of sp³-hybridized carbons (Fsp3) is 0.294. The molecule has 7 nitrogen and oxygen atoms in total. The topological polar surface area (TPSA) is 94.6 Å². The van der Waals surface area contributed by atoms with Crippen molar-refractivity contribution in [1.29, 1.82) is 0 Å². The predicted octanol–water partition coefficient (Wildman–Crippen LogP) is 2.68. The van der Waals surface area contributed by atoms with Gasteiger partial charge in [-0.25, -0.2) is 22.9 Å². The quantitative estimate of drug-likeness (QED) is 0.663. The minimum atomic E-state index is -4.55. The Kier molecular flexibility index (Phi) is 6.97. The zero-order valence-electron chi connectivity index (χ0n) is 14.7. The molecule has 0 amide bonds. The lowest BCUT2D eigenvalue weighted by Gasteiger charge is -2.13. The molecule has 0 unspecified atom stereocenters. The van der Waals surface area contributed by atoms with E-state index in [1.54, 1.807) is 6.92 Å². The van der Waals surface area contributed by atoms with Gasteiger partial charge < -0.3 is 9.47 Å². The molecule has 2 rings (SSSR count). The number of hydrogen-bond donors (Lipinski definition) is 1. The molecule has 1 heterocycles. The molecule has 0 spiro atoms. The van der Waals surface area contributed by atoms with Crippen LogP contribution in [0.3, 0.4) is 0 Å². The van der Waals surface area contributed by atoms with E-state index in [-0.39, 0.29) is 35.1 Å². The van der Waals surface area contributed by atoms with Crippen molar-refractivity contribution >= 4 is 16.0 Å². The fourth-order valence-electron chi connectivity index (χ4n) is 2.10. The number of rotatable bonds is 8. The third-order valence-electron chi connectivity index (χ3n) is 3.33. The first-order valence-corrected chi connectivity index (χ1v) is 9.51. The predicted molar refractivity (Wildman–Crippen MR) is 92.2 cm³/mol. The summed E-state index contributed by atoms with van der Waals surface area (Å²) >= 11 is 0. The summed E-state index contributed by atoms with van der Waals surface area (Å²) in [6.07, 6.45) is -3.33. The van der Waals surface area contributed by atoms with Crippen LogP contribution in [0.15, 0.2) is 47.5 Å². The van der Waals surface area contributed by atoms with Crippen molar-refractivity contribution in [2.75, 3.05) is 13.2 Å². The standard InChI is InChI=1S/C17H17F3N2O5S/c1-2-26-16(23)12-5-3-7-14(9-12)28(24,25)22-10-13-6-4-8-21-15(13)27-11-17(18,19)20/h3-9,22H,2,10-11H2,1H3. The summed E-state index contributed by atoms with van der Waals surface area (Å²) in [5.74, 6) is -1.00. The molecule has 1 aromatic heterocycles. The van der Waals surface area contributed by atoms with Crippen LogP contribution < -0.4 is 9.46 Å². The highest BCUT2D eigenvalue weighted by atomic mass is 32.2. The first-order chi connectivity index (χ1) is 13.1. The molecular weight excluding hydrogens is 401 g/mol. The molecule has 0 radical (unpaired) electrons. The molecule has 1 aromatic carbocycles. The Morgan fingerprint density at radius 2 is 1.96 bits per heavy atom. The van der Waals surface area contributed by atoms with Gasteiger partial charge in [0.2, 0.25) is 15.9 Å². The van der Waals surface area contributed by atoms with Crippen LogP contribution in [0.25, 0.3) is 0 Å². The maximum Gasteiger partial charge on any atom is 0.422 e. The summed E-state index contributed by atoms with van der Waals surface area (Å²) in [6.45, 7) is -0.152. The van der Waals surface area contributed by atoms with Crippen molar-refractivity contribution < 1.29 is 35.9 Å². The number of sulfonamides is 1. The number of carbonyl (C=O) groups excluding carboxylic acids is 1. The Bertz CT molecular complexity index is 932. The van der Waals surface area contributed by atoms with E-state index < -0.39 is 28.8 Å². The number of esters is 1. The molecular formula is C17H17F3N2O5S. The van der Waals surface area contributed by atoms with Crippen LogP contribution in [-0.2, 0) is 21.3 Å². The van der Waals surface area contributed by atoms with Crippen molar-refractivity contribution in [3.8, 4) is 5.88 Å². The number of halogens is 3. The van der Waals surface area contributed by atoms with E-state index in [1.165, 1.54) is 36.5 Å². The Hall–Kier alpha value is -2.66. The zero-order valence-corrected chi connectivity index (χ0v) is 15.5. The fourth-order valence-corrected chi connectivity index (χ4v) is 3.15. The lowest BCUT2D eigenvalue weighted by Crippen LogP contribution is -2.25. The first kappa shape index (κ1) is 21.6. The van der Waals surface area contributed by atoms with E-state index >= 15 is 0 Å². The molecule has 0 bridgehead atoms. The van der Waals surface area contributed by atoms with Gasteiger partial charge in [-0.2, -0.15) is 13.2 Å². The second-order valence-corrected chi connectivity index (χ2v) is 7.21. The third kappa shape index (κ3) is 6.20. The molecule has 28 heavy (non-hydrogen) atoms. The van der Waals surface area contributed by atoms with Gasteiger partial charge in [0, 0.05) is 18.3 Å². The first-order valence-electron chi connectivity index (χ1n) is 8.02. The van der Waals surface area contributed by atoms with Crippen LogP contribution in [0, 0.1) is 0 Å². The van der Waals surface area contributed by atoms with Crippen molar-refractivity contribution in [3.05, 3.63) is 53.7 Å². The van der Waals surface area contributed by atoms with Crippen LogP contribution in [0.2, 0.25) is 0 Å². The maximum absolute atomic E-state index is 12.5. The Morgan fingerprint density at radius 3 is 2.64 bits per heavy atom. The summed E-state index contributed by atoms with van der Waals surface area (Å²) in [5.41, 5.74) is 0.178. The average molecular weight is 418 g/mol. The number of benzene rings is 1. The molecule has 0 atom stereocenters. The molecule has 0 aliphatic rings. The van der Waals surface area contributed by atoms with Gasteiger partial charge >= 0.3 is 12.1 Å². The van der Waals surface area contributed by atoms with Gasteiger partial charge in [0.15, 0.2) is 6.61 Å². The Balaban J connectivity index is 2.14. The number of alkyl halides is 3. The highest BCUT2D eigenvalue weighted by Gasteiger charge is 2.29. The van der Waals surface area contributed by atoms with E-state index in [0.717, 1.165) is 6.07 Å². The van der Waals surface area contributed by atoms with Crippen LogP contribution >= 0.6 is 0 Å². The second-order valence-electron chi connectivity index (χ2n) is 5.44. The molecule has 0 fully saturated rings. The van der Waals surface area contributed by atoms with Crippen molar-refractivity contribution in [1.82, 2.24) is 9.71 Å². The third-order valence-corrected chi connectivity index (χ3v) is 4.73. The normalized spacial score (nSPS) is 11.9. The molecule has 0 aliphatic carbocycles. The van der Waals surface area contributed by atoms with Crippen LogP contribution in [0.5, 0.6) is 5.88 Å². The summed E-state index contributed by atoms with van der Waals surface area (Å²) in [5, 5.41) is 0. The van der Waals surface area contributed by atoms with E-state index in [1.807, 2.05) is 0 Å².